The Morgan fingerprint density at radius 1 is 1.07 bits per heavy atom. The van der Waals surface area contributed by atoms with Crippen molar-refractivity contribution in [3.8, 4) is 0 Å². The first-order valence-electron chi connectivity index (χ1n) is 10.0. The Morgan fingerprint density at radius 2 is 1.67 bits per heavy atom. The van der Waals surface area contributed by atoms with Crippen LogP contribution in [0.1, 0.15) is 42.5 Å². The second-order valence-corrected chi connectivity index (χ2v) is 8.99. The van der Waals surface area contributed by atoms with E-state index in [1.165, 1.54) is 12.1 Å². The monoisotopic (exact) mass is 447 g/mol. The topological polar surface area (TPSA) is 41.0 Å². The molecule has 30 heavy (non-hydrogen) atoms. The van der Waals surface area contributed by atoms with E-state index in [1.807, 2.05) is 23.6 Å². The van der Waals surface area contributed by atoms with Gasteiger partial charge >= 0.3 is 5.69 Å². The second kappa shape index (κ2) is 8.22. The van der Waals surface area contributed by atoms with Gasteiger partial charge < -0.3 is 9.88 Å². The second-order valence-electron chi connectivity index (χ2n) is 8.12. The van der Waals surface area contributed by atoms with Gasteiger partial charge in [-0.05, 0) is 61.3 Å². The van der Waals surface area contributed by atoms with Gasteiger partial charge in [-0.3, -0.25) is 4.57 Å². The summed E-state index contributed by atoms with van der Waals surface area (Å²) in [5.41, 5.74) is 2.01. The predicted molar refractivity (Wildman–Crippen MR) is 119 cm³/mol. The molecule has 7 heteroatoms. The fourth-order valence-electron chi connectivity index (χ4n) is 4.53. The van der Waals surface area contributed by atoms with Crippen LogP contribution in [0.4, 0.5) is 4.39 Å². The number of nitrogens with one attached hydrogen (secondary N) is 1. The van der Waals surface area contributed by atoms with E-state index in [0.717, 1.165) is 42.8 Å². The number of H-pyrrole nitrogens is 1. The molecule has 1 fully saturated rings. The van der Waals surface area contributed by atoms with Gasteiger partial charge in [-0.1, -0.05) is 42.3 Å². The molecular weight excluding hydrogens is 424 g/mol. The summed E-state index contributed by atoms with van der Waals surface area (Å²) in [7, 11) is 2.08. The molecule has 0 aliphatic carbocycles. The Hall–Kier alpha value is -2.08. The van der Waals surface area contributed by atoms with Crippen molar-refractivity contribution in [1.82, 2.24) is 14.5 Å². The van der Waals surface area contributed by atoms with Crippen LogP contribution < -0.4 is 5.69 Å². The van der Waals surface area contributed by atoms with E-state index in [9.17, 15) is 9.18 Å². The largest absolute Gasteiger partial charge is 0.326 e. The Morgan fingerprint density at radius 3 is 2.27 bits per heavy atom. The first kappa shape index (κ1) is 21.2. The van der Waals surface area contributed by atoms with Crippen molar-refractivity contribution >= 4 is 23.2 Å². The molecule has 0 saturated carbocycles. The van der Waals surface area contributed by atoms with Crippen LogP contribution in [0.5, 0.6) is 0 Å². The van der Waals surface area contributed by atoms with E-state index < -0.39 is 5.54 Å². The number of aromatic amines is 1. The van der Waals surface area contributed by atoms with Crippen molar-refractivity contribution in [1.29, 1.82) is 0 Å². The van der Waals surface area contributed by atoms with Gasteiger partial charge in [0.25, 0.3) is 0 Å². The van der Waals surface area contributed by atoms with E-state index in [-0.39, 0.29) is 17.4 Å². The Kier molecular flexibility index (Phi) is 5.80. The van der Waals surface area contributed by atoms with Gasteiger partial charge in [0.1, 0.15) is 5.82 Å². The molecule has 4 rings (SSSR count). The number of hydrogen-bond donors (Lipinski definition) is 1. The van der Waals surface area contributed by atoms with Gasteiger partial charge in [0.2, 0.25) is 0 Å². The van der Waals surface area contributed by atoms with E-state index in [4.69, 9.17) is 23.2 Å². The number of hydrogen-bond acceptors (Lipinski definition) is 2. The summed E-state index contributed by atoms with van der Waals surface area (Å²) >= 11 is 12.5. The zero-order valence-corrected chi connectivity index (χ0v) is 18.5. The Labute approximate surface area is 185 Å². The molecule has 0 amide bonds. The first-order valence-corrected chi connectivity index (χ1v) is 10.8. The number of benzene rings is 2. The molecule has 4 nitrogen and oxygen atoms in total. The molecule has 158 valence electrons. The zero-order valence-electron chi connectivity index (χ0n) is 17.0. The number of rotatable bonds is 4. The average Bonchev–Trinajstić information content (AvgIpc) is 3.10. The van der Waals surface area contributed by atoms with E-state index in [0.29, 0.717) is 10.0 Å². The third-order valence-electron chi connectivity index (χ3n) is 6.26. The van der Waals surface area contributed by atoms with Crippen LogP contribution in [0.25, 0.3) is 0 Å². The molecular formula is C23H24Cl2FN3O. The lowest BCUT2D eigenvalue weighted by molar-refractivity contribution is 0.156. The van der Waals surface area contributed by atoms with Crippen molar-refractivity contribution < 1.29 is 4.39 Å². The van der Waals surface area contributed by atoms with Crippen LogP contribution in [0.15, 0.2) is 53.5 Å². The maximum Gasteiger partial charge on any atom is 0.326 e. The van der Waals surface area contributed by atoms with Crippen molar-refractivity contribution in [2.75, 3.05) is 20.1 Å². The minimum atomic E-state index is -0.552. The van der Waals surface area contributed by atoms with E-state index in [1.54, 1.807) is 24.4 Å². The molecule has 1 N–H and O–H groups in total. The summed E-state index contributed by atoms with van der Waals surface area (Å²) in [6.07, 6.45) is 3.28. The lowest BCUT2D eigenvalue weighted by Crippen LogP contribution is -2.49. The van der Waals surface area contributed by atoms with Gasteiger partial charge in [0, 0.05) is 40.9 Å². The SMILES string of the molecule is CC(c1cc(Cl)cc(Cl)c1)c1c[nH]c(=O)n1C1(c2ccc(F)cc2)CCN(C)CC1. The highest BCUT2D eigenvalue weighted by atomic mass is 35.5. The first-order chi connectivity index (χ1) is 14.3. The number of aromatic nitrogens is 2. The van der Waals surface area contributed by atoms with Crippen LogP contribution in [0.3, 0.4) is 0 Å². The summed E-state index contributed by atoms with van der Waals surface area (Å²) in [6.45, 7) is 3.71. The number of halogens is 3. The molecule has 0 bridgehead atoms. The summed E-state index contributed by atoms with van der Waals surface area (Å²) in [4.78, 5) is 18.2. The highest BCUT2D eigenvalue weighted by molar-refractivity contribution is 6.34. The zero-order chi connectivity index (χ0) is 21.5. The minimum Gasteiger partial charge on any atom is -0.312 e. The van der Waals surface area contributed by atoms with Gasteiger partial charge in [0.15, 0.2) is 0 Å². The van der Waals surface area contributed by atoms with Gasteiger partial charge in [-0.25, -0.2) is 9.18 Å². The van der Waals surface area contributed by atoms with E-state index in [2.05, 4.69) is 16.9 Å². The van der Waals surface area contributed by atoms with Crippen LogP contribution in [-0.4, -0.2) is 34.6 Å². The minimum absolute atomic E-state index is 0.114. The molecule has 3 aromatic rings. The highest BCUT2D eigenvalue weighted by Crippen LogP contribution is 2.39. The molecule has 2 aromatic carbocycles. The van der Waals surface area contributed by atoms with Crippen LogP contribution in [0.2, 0.25) is 10.0 Å². The molecule has 1 saturated heterocycles. The third kappa shape index (κ3) is 3.82. The summed E-state index contributed by atoms with van der Waals surface area (Å²) < 4.78 is 15.5. The molecule has 1 aromatic heterocycles. The van der Waals surface area contributed by atoms with Gasteiger partial charge in [-0.2, -0.15) is 0 Å². The molecule has 1 atom stereocenters. The number of nitrogens with zero attached hydrogens (tertiary/aromatic N) is 2. The number of likely N-dealkylation sites (tertiary alicyclic amines) is 1. The number of piperidine rings is 1. The highest BCUT2D eigenvalue weighted by Gasteiger charge is 2.40. The van der Waals surface area contributed by atoms with E-state index >= 15 is 0 Å². The molecule has 1 aliphatic heterocycles. The Bertz CT molecular complexity index is 1080. The quantitative estimate of drug-likeness (QED) is 0.593. The average molecular weight is 448 g/mol. The fraction of sp³-hybridized carbons (Fsp3) is 0.348. The van der Waals surface area contributed by atoms with Crippen molar-refractivity contribution in [3.05, 3.63) is 91.8 Å². The number of imidazole rings is 1. The summed E-state index contributed by atoms with van der Waals surface area (Å²) in [6, 6.07) is 12.0. The molecule has 2 heterocycles. The van der Waals surface area contributed by atoms with Crippen LogP contribution in [0, 0.1) is 5.82 Å². The van der Waals surface area contributed by atoms with Gasteiger partial charge in [-0.15, -0.1) is 0 Å². The summed E-state index contributed by atoms with van der Waals surface area (Å²) in [5.74, 6) is -0.400. The Balaban J connectivity index is 1.88. The van der Waals surface area contributed by atoms with Gasteiger partial charge in [0.05, 0.1) is 5.54 Å². The third-order valence-corrected chi connectivity index (χ3v) is 6.69. The molecule has 1 unspecified atom stereocenters. The molecule has 1 aliphatic rings. The van der Waals surface area contributed by atoms with Crippen molar-refractivity contribution in [3.63, 3.8) is 0 Å². The maximum atomic E-state index is 13.7. The smallest absolute Gasteiger partial charge is 0.312 e. The van der Waals surface area contributed by atoms with Crippen molar-refractivity contribution in [2.24, 2.45) is 0 Å². The summed E-state index contributed by atoms with van der Waals surface area (Å²) in [5, 5.41) is 1.11. The van der Waals surface area contributed by atoms with Crippen LogP contribution >= 0.6 is 23.2 Å². The standard InChI is InChI=1S/C23H24Cl2FN3O/c1-15(16-11-18(24)13-19(25)12-16)21-14-27-22(30)29(21)23(7-9-28(2)10-8-23)17-3-5-20(26)6-4-17/h3-6,11-15H,7-10H2,1-2H3,(H,27,30). The lowest BCUT2D eigenvalue weighted by Gasteiger charge is -2.43. The molecule has 0 spiro atoms. The van der Waals surface area contributed by atoms with Crippen molar-refractivity contribution in [2.45, 2.75) is 31.2 Å². The molecule has 0 radical (unpaired) electrons. The predicted octanol–water partition coefficient (Wildman–Crippen LogP) is 5.24. The lowest BCUT2D eigenvalue weighted by atomic mass is 9.79. The maximum absolute atomic E-state index is 13.7. The van der Waals surface area contributed by atoms with Crippen LogP contribution in [-0.2, 0) is 5.54 Å². The normalized spacial score (nSPS) is 17.8. The fourth-order valence-corrected chi connectivity index (χ4v) is 5.07.